The third kappa shape index (κ3) is 6.52. The molecule has 1 saturated carbocycles. The van der Waals surface area contributed by atoms with E-state index in [0.29, 0.717) is 50.1 Å². The molecule has 12 nitrogen and oxygen atoms in total. The number of piperidine rings is 1. The van der Waals surface area contributed by atoms with Crippen molar-refractivity contribution in [3.63, 3.8) is 0 Å². The number of nitrogens with two attached hydrogens (primary N) is 1. The number of nitrogens with one attached hydrogen (secondary N) is 1. The Morgan fingerprint density at radius 3 is 2.69 bits per heavy atom. The van der Waals surface area contributed by atoms with Crippen LogP contribution in [-0.4, -0.2) is 61.4 Å². The fraction of sp³-hybridized carbons (Fsp3) is 0.571. The summed E-state index contributed by atoms with van der Waals surface area (Å²) in [7, 11) is 0. The second-order valence-electron chi connectivity index (χ2n) is 11.8. The summed E-state index contributed by atoms with van der Waals surface area (Å²) in [5.74, 6) is 0.249. The topological polar surface area (TPSA) is 150 Å². The number of anilines is 2. The molecule has 1 aliphatic heterocycles. The van der Waals surface area contributed by atoms with Gasteiger partial charge in [-0.05, 0) is 70.8 Å². The van der Waals surface area contributed by atoms with Crippen LogP contribution in [-0.2, 0) is 9.53 Å². The van der Waals surface area contributed by atoms with Crippen LogP contribution in [0, 0.1) is 11.8 Å². The summed E-state index contributed by atoms with van der Waals surface area (Å²) in [5.41, 5.74) is 4.38. The van der Waals surface area contributed by atoms with E-state index >= 15 is 0 Å². The lowest BCUT2D eigenvalue weighted by molar-refractivity contribution is -0.112. The molecule has 0 aromatic carbocycles. The van der Waals surface area contributed by atoms with E-state index in [2.05, 4.69) is 20.4 Å². The summed E-state index contributed by atoms with van der Waals surface area (Å²) in [4.78, 5) is 42.5. The van der Waals surface area contributed by atoms with E-state index in [1.807, 2.05) is 19.9 Å². The highest BCUT2D eigenvalue weighted by Crippen LogP contribution is 2.35. The van der Waals surface area contributed by atoms with Crippen LogP contribution in [0.5, 0.6) is 0 Å². The van der Waals surface area contributed by atoms with Gasteiger partial charge in [0.1, 0.15) is 23.3 Å². The van der Waals surface area contributed by atoms with Crippen molar-refractivity contribution < 1.29 is 27.9 Å². The Morgan fingerprint density at radius 1 is 1.24 bits per heavy atom. The van der Waals surface area contributed by atoms with E-state index < -0.39 is 29.7 Å². The number of aldehydes is 1. The van der Waals surface area contributed by atoms with E-state index in [1.165, 1.54) is 21.6 Å². The number of carbonyl (C=O) groups is 3. The zero-order chi connectivity index (χ0) is 30.0. The van der Waals surface area contributed by atoms with Gasteiger partial charge in [-0.2, -0.15) is 10.2 Å². The molecule has 0 spiro atoms. The number of rotatable bonds is 9. The Bertz CT molecular complexity index is 1450. The van der Waals surface area contributed by atoms with E-state index in [1.54, 1.807) is 6.20 Å². The number of halogens is 2. The second kappa shape index (κ2) is 12.0. The summed E-state index contributed by atoms with van der Waals surface area (Å²) in [6.07, 6.45) is 6.90. The minimum atomic E-state index is -2.88. The molecule has 2 amide bonds. The van der Waals surface area contributed by atoms with Gasteiger partial charge in [0.25, 0.3) is 12.3 Å². The lowest BCUT2D eigenvalue weighted by Gasteiger charge is -2.37. The summed E-state index contributed by atoms with van der Waals surface area (Å²) >= 11 is 0. The minimum absolute atomic E-state index is 0.0166. The number of aromatic nitrogens is 5. The van der Waals surface area contributed by atoms with Crippen molar-refractivity contribution in [3.8, 4) is 0 Å². The maximum Gasteiger partial charge on any atom is 0.405 e. The number of alkyl halides is 2. The fourth-order valence-electron chi connectivity index (χ4n) is 6.19. The number of hydrogen-bond acceptors (Lipinski definition) is 8. The van der Waals surface area contributed by atoms with Crippen LogP contribution in [0.1, 0.15) is 87.3 Å². The van der Waals surface area contributed by atoms with Crippen LogP contribution in [0.3, 0.4) is 0 Å². The van der Waals surface area contributed by atoms with E-state index in [9.17, 15) is 23.2 Å². The highest BCUT2D eigenvalue weighted by Gasteiger charge is 2.31. The number of nitrogens with zero attached hydrogens (tertiary/aromatic N) is 6. The molecule has 5 rings (SSSR count). The fourth-order valence-corrected chi connectivity index (χ4v) is 6.19. The molecule has 3 aromatic rings. The molecule has 3 N–H and O–H groups in total. The molecule has 2 fully saturated rings. The monoisotopic (exact) mass is 586 g/mol. The minimum Gasteiger partial charge on any atom is -0.444 e. The molecule has 14 heteroatoms. The highest BCUT2D eigenvalue weighted by atomic mass is 19.3. The number of carbonyl (C=O) groups excluding carboxylic acids is 3. The van der Waals surface area contributed by atoms with Crippen molar-refractivity contribution in [2.24, 2.45) is 17.6 Å². The average molecular weight is 587 g/mol. The number of amides is 2. The first-order valence-electron chi connectivity index (χ1n) is 14.2. The van der Waals surface area contributed by atoms with Gasteiger partial charge in [-0.3, -0.25) is 9.48 Å². The van der Waals surface area contributed by atoms with Gasteiger partial charge in [0.2, 0.25) is 0 Å². The Morgan fingerprint density at radius 2 is 2.00 bits per heavy atom. The summed E-state index contributed by atoms with van der Waals surface area (Å²) in [6, 6.07) is 1.69. The Labute approximate surface area is 241 Å². The van der Waals surface area contributed by atoms with E-state index in [4.69, 9.17) is 15.5 Å². The molecule has 3 aromatic heterocycles. The van der Waals surface area contributed by atoms with Gasteiger partial charge in [0.15, 0.2) is 11.3 Å². The Hall–Kier alpha value is -4.10. The highest BCUT2D eigenvalue weighted by molar-refractivity contribution is 6.08. The van der Waals surface area contributed by atoms with Crippen molar-refractivity contribution >= 4 is 35.4 Å². The smallest absolute Gasteiger partial charge is 0.405 e. The molecule has 1 atom stereocenters. The summed E-state index contributed by atoms with van der Waals surface area (Å²) in [6.45, 7) is 5.10. The largest absolute Gasteiger partial charge is 0.444 e. The molecule has 1 saturated heterocycles. The Kier molecular flexibility index (Phi) is 8.41. The maximum absolute atomic E-state index is 13.9. The van der Waals surface area contributed by atoms with Gasteiger partial charge in [-0.25, -0.2) is 23.1 Å². The standard InChI is InChI=1S/C28H36F2N8O4/c1-28(2,42-27(31)41)12-18-4-3-10-36(14-18)22-9-11-37-25(34-22)20(13-32-37)26(40)33-21-15-38(35-23(21)24(29)30)19-7-5-17(16-39)6-8-19/h9,11,13,15-19,24H,3-8,10,12,14H2,1-2H3,(H2,31,41)(H,33,40)/t17?,18-,19?/m0/s1. The summed E-state index contributed by atoms with van der Waals surface area (Å²) < 4.78 is 36.0. The normalized spacial score (nSPS) is 21.5. The lowest BCUT2D eigenvalue weighted by Crippen LogP contribution is -2.41. The van der Waals surface area contributed by atoms with Crippen molar-refractivity contribution in [1.82, 2.24) is 24.4 Å². The number of ether oxygens (including phenoxy) is 1. The first-order valence-corrected chi connectivity index (χ1v) is 14.2. The third-order valence-electron chi connectivity index (χ3n) is 8.12. The average Bonchev–Trinajstić information content (AvgIpc) is 3.56. The van der Waals surface area contributed by atoms with E-state index in [0.717, 1.165) is 25.7 Å². The molecule has 0 radical (unpaired) electrons. The van der Waals surface area contributed by atoms with Crippen LogP contribution in [0.25, 0.3) is 5.65 Å². The molecule has 226 valence electrons. The van der Waals surface area contributed by atoms with Gasteiger partial charge in [0, 0.05) is 31.4 Å². The molecular weight excluding hydrogens is 550 g/mol. The molecule has 4 heterocycles. The molecule has 0 bridgehead atoms. The zero-order valence-electron chi connectivity index (χ0n) is 23.7. The van der Waals surface area contributed by atoms with Crippen LogP contribution in [0.2, 0.25) is 0 Å². The predicted molar refractivity (Wildman–Crippen MR) is 149 cm³/mol. The van der Waals surface area contributed by atoms with Crippen molar-refractivity contribution in [2.45, 2.75) is 76.9 Å². The molecule has 1 aliphatic carbocycles. The van der Waals surface area contributed by atoms with Crippen molar-refractivity contribution in [3.05, 3.63) is 35.9 Å². The number of primary amides is 1. The first kappa shape index (κ1) is 29.4. The molecular formula is C28H36F2N8O4. The van der Waals surface area contributed by atoms with Crippen molar-refractivity contribution in [1.29, 1.82) is 0 Å². The van der Waals surface area contributed by atoms with Crippen LogP contribution >= 0.6 is 0 Å². The van der Waals surface area contributed by atoms with E-state index in [-0.39, 0.29) is 29.1 Å². The number of hydrogen-bond donors (Lipinski definition) is 2. The third-order valence-corrected chi connectivity index (χ3v) is 8.12. The maximum atomic E-state index is 13.9. The van der Waals surface area contributed by atoms with Gasteiger partial charge in [0.05, 0.1) is 17.9 Å². The summed E-state index contributed by atoms with van der Waals surface area (Å²) in [5, 5.41) is 10.9. The quantitative estimate of drug-likeness (QED) is 0.348. The van der Waals surface area contributed by atoms with Crippen LogP contribution in [0.4, 0.5) is 25.1 Å². The Balaban J connectivity index is 1.32. The second-order valence-corrected chi connectivity index (χ2v) is 11.8. The van der Waals surface area contributed by atoms with Crippen molar-refractivity contribution in [2.75, 3.05) is 23.3 Å². The van der Waals surface area contributed by atoms with Crippen LogP contribution in [0.15, 0.2) is 24.7 Å². The lowest BCUT2D eigenvalue weighted by atomic mass is 9.87. The van der Waals surface area contributed by atoms with Gasteiger partial charge >= 0.3 is 6.09 Å². The predicted octanol–water partition coefficient (Wildman–Crippen LogP) is 4.53. The number of fused-ring (bicyclic) bond motifs is 1. The van der Waals surface area contributed by atoms with Crippen LogP contribution < -0.4 is 16.0 Å². The van der Waals surface area contributed by atoms with Gasteiger partial charge < -0.3 is 25.5 Å². The molecule has 0 unspecified atom stereocenters. The first-order chi connectivity index (χ1) is 20.0. The molecule has 2 aliphatic rings. The zero-order valence-corrected chi connectivity index (χ0v) is 23.7. The van der Waals surface area contributed by atoms with Gasteiger partial charge in [-0.1, -0.05) is 0 Å². The SMILES string of the molecule is CC(C)(C[C@@H]1CCCN(c2ccn3ncc(C(=O)Nc4cn(C5CCC(C=O)CC5)nc4C(F)F)c3n2)C1)OC(N)=O. The van der Waals surface area contributed by atoms with Gasteiger partial charge in [-0.15, -0.1) is 0 Å². The molecule has 42 heavy (non-hydrogen) atoms.